The standard InChI is InChI=1S/C15H21NO2/c1-3-7-11(8-4-2)14(17)12-9-5-6-10-13(12)15(16)18/h5-6,9-11H,3-4,7-8H2,1-2H3,(H2,16,18). The van der Waals surface area contributed by atoms with E-state index in [0.29, 0.717) is 11.1 Å². The lowest BCUT2D eigenvalue weighted by Gasteiger charge is -2.15. The van der Waals surface area contributed by atoms with Crippen molar-refractivity contribution in [3.8, 4) is 0 Å². The second kappa shape index (κ2) is 6.94. The molecule has 98 valence electrons. The molecule has 0 saturated heterocycles. The summed E-state index contributed by atoms with van der Waals surface area (Å²) in [4.78, 5) is 23.8. The minimum atomic E-state index is -0.536. The molecule has 0 saturated carbocycles. The van der Waals surface area contributed by atoms with Crippen LogP contribution in [0.25, 0.3) is 0 Å². The number of carbonyl (C=O) groups excluding carboxylic acids is 2. The Morgan fingerprint density at radius 3 is 2.00 bits per heavy atom. The Balaban J connectivity index is 3.04. The Kier molecular flexibility index (Phi) is 5.56. The van der Waals surface area contributed by atoms with E-state index in [4.69, 9.17) is 5.73 Å². The molecule has 2 N–H and O–H groups in total. The smallest absolute Gasteiger partial charge is 0.249 e. The van der Waals surface area contributed by atoms with Gasteiger partial charge < -0.3 is 5.73 Å². The zero-order valence-corrected chi connectivity index (χ0v) is 11.1. The molecule has 0 aliphatic heterocycles. The molecule has 0 radical (unpaired) electrons. The van der Waals surface area contributed by atoms with Crippen molar-refractivity contribution in [1.82, 2.24) is 0 Å². The number of Topliss-reactive ketones (excluding diaryl/α,β-unsaturated/α-hetero) is 1. The summed E-state index contributed by atoms with van der Waals surface area (Å²) in [6.45, 7) is 4.13. The largest absolute Gasteiger partial charge is 0.366 e. The normalized spacial score (nSPS) is 10.6. The summed E-state index contributed by atoms with van der Waals surface area (Å²) in [5, 5.41) is 0. The molecule has 1 aromatic carbocycles. The summed E-state index contributed by atoms with van der Waals surface area (Å²) in [6, 6.07) is 6.81. The first-order valence-electron chi connectivity index (χ1n) is 6.54. The van der Waals surface area contributed by atoms with Crippen LogP contribution in [-0.4, -0.2) is 11.7 Å². The molecule has 0 atom stereocenters. The van der Waals surface area contributed by atoms with E-state index >= 15 is 0 Å². The van der Waals surface area contributed by atoms with Crippen molar-refractivity contribution >= 4 is 11.7 Å². The van der Waals surface area contributed by atoms with Crippen molar-refractivity contribution in [2.45, 2.75) is 39.5 Å². The lowest BCUT2D eigenvalue weighted by molar-refractivity contribution is 0.0894. The van der Waals surface area contributed by atoms with Crippen LogP contribution >= 0.6 is 0 Å². The zero-order valence-electron chi connectivity index (χ0n) is 11.1. The molecule has 0 aromatic heterocycles. The molecule has 0 aliphatic rings. The Bertz CT molecular complexity index is 420. The second-order valence-electron chi connectivity index (χ2n) is 4.55. The molecule has 3 nitrogen and oxygen atoms in total. The predicted octanol–water partition coefficient (Wildman–Crippen LogP) is 3.18. The summed E-state index contributed by atoms with van der Waals surface area (Å²) in [5.41, 5.74) is 6.11. The second-order valence-corrected chi connectivity index (χ2v) is 4.55. The molecular weight excluding hydrogens is 226 g/mol. The average molecular weight is 247 g/mol. The van der Waals surface area contributed by atoms with Gasteiger partial charge in [0.05, 0.1) is 0 Å². The van der Waals surface area contributed by atoms with Crippen molar-refractivity contribution in [2.24, 2.45) is 11.7 Å². The minimum absolute atomic E-state index is 0.000463. The average Bonchev–Trinajstić information content (AvgIpc) is 2.37. The Morgan fingerprint density at radius 1 is 1.06 bits per heavy atom. The SMILES string of the molecule is CCCC(CCC)C(=O)c1ccccc1C(N)=O. The summed E-state index contributed by atoms with van der Waals surface area (Å²) >= 11 is 0. The van der Waals surface area contributed by atoms with Crippen LogP contribution in [0.4, 0.5) is 0 Å². The van der Waals surface area contributed by atoms with Crippen LogP contribution in [0.5, 0.6) is 0 Å². The van der Waals surface area contributed by atoms with Gasteiger partial charge in [0, 0.05) is 17.0 Å². The van der Waals surface area contributed by atoms with Gasteiger partial charge in [-0.3, -0.25) is 9.59 Å². The number of amides is 1. The van der Waals surface area contributed by atoms with Gasteiger partial charge in [-0.1, -0.05) is 44.9 Å². The van der Waals surface area contributed by atoms with Gasteiger partial charge in [0.1, 0.15) is 0 Å². The molecule has 1 rings (SSSR count). The number of benzene rings is 1. The molecule has 0 spiro atoms. The van der Waals surface area contributed by atoms with Crippen LogP contribution < -0.4 is 5.73 Å². The van der Waals surface area contributed by atoms with E-state index in [-0.39, 0.29) is 11.7 Å². The summed E-state index contributed by atoms with van der Waals surface area (Å²) in [5.74, 6) is -0.487. The third-order valence-electron chi connectivity index (χ3n) is 3.10. The maximum Gasteiger partial charge on any atom is 0.249 e. The van der Waals surface area contributed by atoms with E-state index in [0.717, 1.165) is 25.7 Å². The van der Waals surface area contributed by atoms with Gasteiger partial charge in [-0.15, -0.1) is 0 Å². The number of primary amides is 1. The monoisotopic (exact) mass is 247 g/mol. The number of ketones is 1. The molecule has 0 heterocycles. The van der Waals surface area contributed by atoms with Crippen LogP contribution in [0.3, 0.4) is 0 Å². The van der Waals surface area contributed by atoms with Crippen LogP contribution in [0.15, 0.2) is 24.3 Å². The number of hydrogen-bond acceptors (Lipinski definition) is 2. The van der Waals surface area contributed by atoms with Crippen LogP contribution in [0, 0.1) is 5.92 Å². The molecule has 0 bridgehead atoms. The first kappa shape index (κ1) is 14.4. The Labute approximate surface area is 108 Å². The highest BCUT2D eigenvalue weighted by atomic mass is 16.1. The van der Waals surface area contributed by atoms with E-state index in [1.165, 1.54) is 0 Å². The van der Waals surface area contributed by atoms with Gasteiger partial charge in [0.25, 0.3) is 0 Å². The first-order chi connectivity index (χ1) is 8.61. The number of rotatable bonds is 7. The van der Waals surface area contributed by atoms with Crippen molar-refractivity contribution < 1.29 is 9.59 Å². The van der Waals surface area contributed by atoms with Gasteiger partial charge in [-0.25, -0.2) is 0 Å². The molecule has 0 unspecified atom stereocenters. The van der Waals surface area contributed by atoms with E-state index in [1.807, 2.05) is 0 Å². The predicted molar refractivity (Wildman–Crippen MR) is 72.6 cm³/mol. The third-order valence-corrected chi connectivity index (χ3v) is 3.10. The molecule has 0 aliphatic carbocycles. The molecule has 1 amide bonds. The summed E-state index contributed by atoms with van der Waals surface area (Å²) in [6.07, 6.45) is 3.66. The molecule has 1 aromatic rings. The first-order valence-corrected chi connectivity index (χ1v) is 6.54. The van der Waals surface area contributed by atoms with Crippen molar-refractivity contribution in [2.75, 3.05) is 0 Å². The van der Waals surface area contributed by atoms with Crippen LogP contribution in [-0.2, 0) is 0 Å². The Hall–Kier alpha value is -1.64. The fourth-order valence-electron chi connectivity index (χ4n) is 2.24. The third kappa shape index (κ3) is 3.42. The lowest BCUT2D eigenvalue weighted by atomic mass is 9.88. The van der Waals surface area contributed by atoms with Gasteiger partial charge in [0.2, 0.25) is 5.91 Å². The number of nitrogens with two attached hydrogens (primary N) is 1. The molecular formula is C15H21NO2. The number of hydrogen-bond donors (Lipinski definition) is 1. The topological polar surface area (TPSA) is 60.2 Å². The molecule has 3 heteroatoms. The summed E-state index contributed by atoms with van der Waals surface area (Å²) < 4.78 is 0. The molecule has 0 fully saturated rings. The van der Waals surface area contributed by atoms with Crippen LogP contribution in [0.1, 0.15) is 60.2 Å². The summed E-state index contributed by atoms with van der Waals surface area (Å²) in [7, 11) is 0. The van der Waals surface area contributed by atoms with E-state index in [1.54, 1.807) is 24.3 Å². The highest BCUT2D eigenvalue weighted by Crippen LogP contribution is 2.21. The maximum atomic E-state index is 12.4. The van der Waals surface area contributed by atoms with Gasteiger partial charge in [-0.2, -0.15) is 0 Å². The minimum Gasteiger partial charge on any atom is -0.366 e. The lowest BCUT2D eigenvalue weighted by Crippen LogP contribution is -2.21. The van der Waals surface area contributed by atoms with Crippen LogP contribution in [0.2, 0.25) is 0 Å². The quantitative estimate of drug-likeness (QED) is 0.752. The fourth-order valence-corrected chi connectivity index (χ4v) is 2.24. The zero-order chi connectivity index (χ0) is 13.5. The van der Waals surface area contributed by atoms with E-state index in [2.05, 4.69) is 13.8 Å². The Morgan fingerprint density at radius 2 is 1.56 bits per heavy atom. The van der Waals surface area contributed by atoms with Gasteiger partial charge in [-0.05, 0) is 18.9 Å². The van der Waals surface area contributed by atoms with Crippen molar-refractivity contribution in [1.29, 1.82) is 0 Å². The highest BCUT2D eigenvalue weighted by molar-refractivity contribution is 6.08. The molecule has 18 heavy (non-hydrogen) atoms. The fraction of sp³-hybridized carbons (Fsp3) is 0.467. The van der Waals surface area contributed by atoms with E-state index in [9.17, 15) is 9.59 Å². The highest BCUT2D eigenvalue weighted by Gasteiger charge is 2.22. The van der Waals surface area contributed by atoms with Gasteiger partial charge >= 0.3 is 0 Å². The number of carbonyl (C=O) groups is 2. The van der Waals surface area contributed by atoms with Crippen molar-refractivity contribution in [3.63, 3.8) is 0 Å². The van der Waals surface area contributed by atoms with Crippen molar-refractivity contribution in [3.05, 3.63) is 35.4 Å². The van der Waals surface area contributed by atoms with Gasteiger partial charge in [0.15, 0.2) is 5.78 Å². The van der Waals surface area contributed by atoms with E-state index < -0.39 is 5.91 Å². The maximum absolute atomic E-state index is 12.4.